The van der Waals surface area contributed by atoms with Gasteiger partial charge in [0.15, 0.2) is 36.7 Å². The van der Waals surface area contributed by atoms with Crippen LogP contribution < -0.4 is 9.47 Å². The van der Waals surface area contributed by atoms with E-state index in [1.165, 1.54) is 11.1 Å². The van der Waals surface area contributed by atoms with Crippen LogP contribution in [0.4, 0.5) is 0 Å². The molecular formula is C46H78O8. The van der Waals surface area contributed by atoms with Crippen LogP contribution in [0.3, 0.4) is 0 Å². The zero-order valence-corrected chi connectivity index (χ0v) is 36.7. The highest BCUT2D eigenvalue weighted by Gasteiger charge is 2.41. The van der Waals surface area contributed by atoms with E-state index in [0.717, 1.165) is 25.7 Å². The smallest absolute Gasteiger partial charge is 0.197 e. The second-order valence-electron chi connectivity index (χ2n) is 18.2. The maximum atomic E-state index is 6.59. The summed E-state index contributed by atoms with van der Waals surface area (Å²) in [7, 11) is 0. The molecule has 8 nitrogen and oxygen atoms in total. The van der Waals surface area contributed by atoms with Crippen LogP contribution in [0.5, 0.6) is 11.5 Å². The zero-order valence-electron chi connectivity index (χ0n) is 36.7. The molecule has 8 heteroatoms. The lowest BCUT2D eigenvalue weighted by Crippen LogP contribution is -2.47. The summed E-state index contributed by atoms with van der Waals surface area (Å²) in [5.74, 6) is 4.01. The summed E-state index contributed by atoms with van der Waals surface area (Å²) in [6.07, 6.45) is 9.36. The van der Waals surface area contributed by atoms with Gasteiger partial charge in [0.05, 0.1) is 26.4 Å². The van der Waals surface area contributed by atoms with E-state index in [0.29, 0.717) is 73.4 Å². The van der Waals surface area contributed by atoms with Crippen molar-refractivity contribution in [3.8, 4) is 11.5 Å². The molecule has 1 aromatic carbocycles. The molecule has 0 saturated heterocycles. The lowest BCUT2D eigenvalue weighted by Gasteiger charge is -2.42. The molecule has 0 amide bonds. The van der Waals surface area contributed by atoms with E-state index in [4.69, 9.17) is 37.9 Å². The molecule has 1 fully saturated rings. The first kappa shape index (κ1) is 46.4. The van der Waals surface area contributed by atoms with E-state index in [2.05, 4.69) is 107 Å². The van der Waals surface area contributed by atoms with Gasteiger partial charge in [0.25, 0.3) is 0 Å². The first-order valence-electron chi connectivity index (χ1n) is 21.0. The Morgan fingerprint density at radius 2 is 1.11 bits per heavy atom. The summed E-state index contributed by atoms with van der Waals surface area (Å²) in [5, 5.41) is 0. The minimum absolute atomic E-state index is 0.0758. The minimum Gasteiger partial charge on any atom is -0.461 e. The molecule has 0 aliphatic heterocycles. The van der Waals surface area contributed by atoms with Crippen molar-refractivity contribution >= 4 is 0 Å². The van der Waals surface area contributed by atoms with Crippen molar-refractivity contribution in [2.24, 2.45) is 35.5 Å². The Labute approximate surface area is 330 Å². The number of allylic oxidation sites excluding steroid dienone is 2. The van der Waals surface area contributed by atoms with Crippen molar-refractivity contribution in [3.63, 3.8) is 0 Å². The Morgan fingerprint density at radius 1 is 0.630 bits per heavy atom. The average Bonchev–Trinajstić information content (AvgIpc) is 3.09. The monoisotopic (exact) mass is 759 g/mol. The fourth-order valence-corrected chi connectivity index (χ4v) is 7.16. The van der Waals surface area contributed by atoms with E-state index in [9.17, 15) is 0 Å². The molecule has 54 heavy (non-hydrogen) atoms. The topological polar surface area (TPSA) is 73.8 Å². The van der Waals surface area contributed by atoms with Crippen molar-refractivity contribution in [2.45, 2.75) is 172 Å². The van der Waals surface area contributed by atoms with Gasteiger partial charge < -0.3 is 37.9 Å². The van der Waals surface area contributed by atoms with Gasteiger partial charge in [0.2, 0.25) is 0 Å². The molecule has 0 spiro atoms. The standard InChI is InChI=1S/C46H78O8/c1-30(2)26-47-34(9)51-42-21-20-41(25-43(42)52-35(10)48-27-31(3)4)45(13,14)40-18-16-38(17-19-40)39-22-23-46(15,54-37(12)50-29-33(7)8)44(24-39)53-36(11)49-28-32(5)6/h20-25,30-38,40,44H,16-19,26-29H2,1-15H3. The van der Waals surface area contributed by atoms with Gasteiger partial charge in [0, 0.05) is 0 Å². The lowest BCUT2D eigenvalue weighted by atomic mass is 9.64. The average molecular weight is 759 g/mol. The Morgan fingerprint density at radius 3 is 1.63 bits per heavy atom. The number of rotatable bonds is 23. The number of hydrogen-bond acceptors (Lipinski definition) is 8. The highest BCUT2D eigenvalue weighted by Crippen LogP contribution is 2.47. The molecule has 1 aromatic rings. The van der Waals surface area contributed by atoms with Gasteiger partial charge >= 0.3 is 0 Å². The predicted octanol–water partition coefficient (Wildman–Crippen LogP) is 11.3. The Bertz CT molecular complexity index is 1290. The molecule has 0 heterocycles. The van der Waals surface area contributed by atoms with E-state index < -0.39 is 18.2 Å². The predicted molar refractivity (Wildman–Crippen MR) is 219 cm³/mol. The van der Waals surface area contributed by atoms with Crippen LogP contribution in [0.2, 0.25) is 0 Å². The van der Waals surface area contributed by atoms with Gasteiger partial charge in [-0.1, -0.05) is 81.4 Å². The molecule has 0 N–H and O–H groups in total. The molecule has 0 radical (unpaired) electrons. The Hall–Kier alpha value is -1.94. The number of benzene rings is 1. The van der Waals surface area contributed by atoms with Gasteiger partial charge in [-0.05, 0) is 137 Å². The third-order valence-corrected chi connectivity index (χ3v) is 10.4. The quantitative estimate of drug-likeness (QED) is 0.102. The maximum Gasteiger partial charge on any atom is 0.197 e. The van der Waals surface area contributed by atoms with Crippen LogP contribution in [0.25, 0.3) is 0 Å². The van der Waals surface area contributed by atoms with Gasteiger partial charge in [-0.25, -0.2) is 0 Å². The van der Waals surface area contributed by atoms with Crippen LogP contribution in [-0.4, -0.2) is 63.3 Å². The molecule has 6 atom stereocenters. The number of ether oxygens (including phenoxy) is 8. The molecule has 2 aliphatic rings. The van der Waals surface area contributed by atoms with Crippen LogP contribution >= 0.6 is 0 Å². The Kier molecular flexibility index (Phi) is 18.5. The normalized spacial score (nSPS) is 24.6. The van der Waals surface area contributed by atoms with Crippen molar-refractivity contribution in [1.82, 2.24) is 0 Å². The molecule has 0 aromatic heterocycles. The zero-order chi connectivity index (χ0) is 40.2. The largest absolute Gasteiger partial charge is 0.461 e. The summed E-state index contributed by atoms with van der Waals surface area (Å²) in [6, 6.07) is 6.40. The fourth-order valence-electron chi connectivity index (χ4n) is 7.16. The SMILES string of the molecule is CC(C)COC(C)Oc1ccc(C(C)(C)C2CCC(C3=CC(OC(C)OCC(C)C)C(C)(OC(C)OCC(C)C)C=C3)CC2)cc1OC(C)OCC(C)C. The third kappa shape index (κ3) is 14.9. The maximum absolute atomic E-state index is 6.59. The van der Waals surface area contributed by atoms with Gasteiger partial charge in [-0.3, -0.25) is 0 Å². The first-order valence-corrected chi connectivity index (χ1v) is 21.0. The second kappa shape index (κ2) is 21.5. The summed E-state index contributed by atoms with van der Waals surface area (Å²) < 4.78 is 49.9. The molecule has 3 rings (SSSR count). The molecule has 6 unspecified atom stereocenters. The van der Waals surface area contributed by atoms with E-state index in [1.807, 2.05) is 33.8 Å². The van der Waals surface area contributed by atoms with Crippen molar-refractivity contribution in [1.29, 1.82) is 0 Å². The van der Waals surface area contributed by atoms with Gasteiger partial charge in [-0.2, -0.15) is 0 Å². The molecular weight excluding hydrogens is 680 g/mol. The minimum atomic E-state index is -0.681. The van der Waals surface area contributed by atoms with Gasteiger partial charge in [0.1, 0.15) is 11.7 Å². The van der Waals surface area contributed by atoms with E-state index >= 15 is 0 Å². The summed E-state index contributed by atoms with van der Waals surface area (Å²) in [4.78, 5) is 0. The van der Waals surface area contributed by atoms with Crippen LogP contribution in [-0.2, 0) is 33.8 Å². The van der Waals surface area contributed by atoms with Crippen molar-refractivity contribution < 1.29 is 37.9 Å². The highest BCUT2D eigenvalue weighted by atomic mass is 16.7. The molecule has 1 saturated carbocycles. The second-order valence-corrected chi connectivity index (χ2v) is 18.2. The third-order valence-electron chi connectivity index (χ3n) is 10.4. The van der Waals surface area contributed by atoms with Crippen LogP contribution in [0.1, 0.15) is 135 Å². The summed E-state index contributed by atoms with van der Waals surface area (Å²) >= 11 is 0. The van der Waals surface area contributed by atoms with Crippen molar-refractivity contribution in [3.05, 3.63) is 47.6 Å². The van der Waals surface area contributed by atoms with Crippen molar-refractivity contribution in [2.75, 3.05) is 26.4 Å². The first-order chi connectivity index (χ1) is 25.3. The fraction of sp³-hybridized carbons (Fsp3) is 0.783. The van der Waals surface area contributed by atoms with Gasteiger partial charge in [-0.15, -0.1) is 0 Å². The lowest BCUT2D eigenvalue weighted by molar-refractivity contribution is -0.240. The number of hydrogen-bond donors (Lipinski definition) is 0. The molecule has 310 valence electrons. The highest BCUT2D eigenvalue weighted by molar-refractivity contribution is 5.45. The van der Waals surface area contributed by atoms with Crippen LogP contribution in [0.15, 0.2) is 42.0 Å². The van der Waals surface area contributed by atoms with E-state index in [-0.39, 0.29) is 24.1 Å². The molecule has 2 aliphatic carbocycles. The Balaban J connectivity index is 1.77. The summed E-state index contributed by atoms with van der Waals surface area (Å²) in [5.41, 5.74) is 1.81. The summed E-state index contributed by atoms with van der Waals surface area (Å²) in [6.45, 7) is 34.4. The van der Waals surface area contributed by atoms with Crippen LogP contribution in [0, 0.1) is 35.5 Å². The molecule has 0 bridgehead atoms. The van der Waals surface area contributed by atoms with E-state index in [1.54, 1.807) is 0 Å².